The molecule has 3 heterocycles. The van der Waals surface area contributed by atoms with Gasteiger partial charge in [-0.15, -0.1) is 0 Å². The van der Waals surface area contributed by atoms with Crippen molar-refractivity contribution >= 4 is 0 Å². The van der Waals surface area contributed by atoms with Crippen molar-refractivity contribution in [3.8, 4) is 17.3 Å². The molecule has 25 heavy (non-hydrogen) atoms. The van der Waals surface area contributed by atoms with Gasteiger partial charge in [-0.2, -0.15) is 10.1 Å². The predicted molar refractivity (Wildman–Crippen MR) is 91.8 cm³/mol. The van der Waals surface area contributed by atoms with E-state index in [4.69, 9.17) is 14.4 Å². The Kier molecular flexibility index (Phi) is 3.45. The van der Waals surface area contributed by atoms with Gasteiger partial charge in [-0.1, -0.05) is 22.9 Å². The fourth-order valence-electron chi connectivity index (χ4n) is 3.74. The minimum atomic E-state index is 0.240. The Morgan fingerprint density at radius 1 is 1.16 bits per heavy atom. The molecule has 0 spiro atoms. The SMILES string of the molecule is Cc1ccc(-n2nc(-c3nc([C@H]4CCOC4)no3)c3c2CCC3)cc1. The number of hydrogen-bond donors (Lipinski definition) is 0. The Labute approximate surface area is 145 Å². The van der Waals surface area contributed by atoms with Crippen LogP contribution in [0, 0.1) is 6.92 Å². The van der Waals surface area contributed by atoms with Crippen molar-refractivity contribution in [1.29, 1.82) is 0 Å². The van der Waals surface area contributed by atoms with E-state index in [9.17, 15) is 0 Å². The Hall–Kier alpha value is -2.47. The van der Waals surface area contributed by atoms with Gasteiger partial charge in [0.25, 0.3) is 5.89 Å². The number of hydrogen-bond acceptors (Lipinski definition) is 5. The van der Waals surface area contributed by atoms with Crippen molar-refractivity contribution in [2.45, 2.75) is 38.5 Å². The van der Waals surface area contributed by atoms with Crippen molar-refractivity contribution < 1.29 is 9.26 Å². The highest BCUT2D eigenvalue weighted by Crippen LogP contribution is 2.34. The summed E-state index contributed by atoms with van der Waals surface area (Å²) in [5.41, 5.74) is 5.68. The van der Waals surface area contributed by atoms with E-state index in [0.717, 1.165) is 49.5 Å². The topological polar surface area (TPSA) is 66.0 Å². The quantitative estimate of drug-likeness (QED) is 0.735. The average Bonchev–Trinajstić information content (AvgIpc) is 3.38. The lowest BCUT2D eigenvalue weighted by Gasteiger charge is -2.05. The first-order valence-corrected chi connectivity index (χ1v) is 8.89. The third-order valence-electron chi connectivity index (χ3n) is 5.15. The largest absolute Gasteiger partial charge is 0.381 e. The van der Waals surface area contributed by atoms with E-state index in [0.29, 0.717) is 12.5 Å². The zero-order chi connectivity index (χ0) is 16.8. The first-order valence-electron chi connectivity index (χ1n) is 8.89. The molecule has 0 amide bonds. The summed E-state index contributed by atoms with van der Waals surface area (Å²) in [6.07, 6.45) is 4.15. The van der Waals surface area contributed by atoms with Gasteiger partial charge in [-0.25, -0.2) is 4.68 Å². The van der Waals surface area contributed by atoms with Crippen LogP contribution >= 0.6 is 0 Å². The molecule has 128 valence electrons. The minimum Gasteiger partial charge on any atom is -0.381 e. The van der Waals surface area contributed by atoms with Gasteiger partial charge in [0.05, 0.1) is 12.3 Å². The van der Waals surface area contributed by atoms with Gasteiger partial charge in [0.1, 0.15) is 0 Å². The summed E-state index contributed by atoms with van der Waals surface area (Å²) in [7, 11) is 0. The molecule has 2 aromatic heterocycles. The molecule has 1 aliphatic heterocycles. The van der Waals surface area contributed by atoms with Crippen LogP contribution in [-0.4, -0.2) is 33.1 Å². The Balaban J connectivity index is 1.56. The molecule has 1 saturated heterocycles. The molecular formula is C19H20N4O2. The van der Waals surface area contributed by atoms with Crippen LogP contribution in [0.5, 0.6) is 0 Å². The lowest BCUT2D eigenvalue weighted by Crippen LogP contribution is -2.01. The molecule has 0 bridgehead atoms. The number of rotatable bonds is 3. The normalized spacial score (nSPS) is 19.5. The van der Waals surface area contributed by atoms with Gasteiger partial charge in [-0.05, 0) is 44.7 Å². The molecule has 3 aromatic rings. The molecule has 1 atom stereocenters. The standard InChI is InChI=1S/C19H20N4O2/c1-12-5-7-14(8-6-12)23-16-4-2-3-15(16)17(21-23)19-20-18(22-25-19)13-9-10-24-11-13/h5-8,13H,2-4,9-11H2,1H3/t13-/m0/s1. The maximum atomic E-state index is 5.56. The van der Waals surface area contributed by atoms with Crippen LogP contribution in [-0.2, 0) is 17.6 Å². The number of ether oxygens (including phenoxy) is 1. The van der Waals surface area contributed by atoms with Gasteiger partial charge in [-0.3, -0.25) is 0 Å². The smallest absolute Gasteiger partial charge is 0.278 e. The highest BCUT2D eigenvalue weighted by molar-refractivity contribution is 5.58. The van der Waals surface area contributed by atoms with Crippen LogP contribution in [0.15, 0.2) is 28.8 Å². The molecule has 5 rings (SSSR count). The van der Waals surface area contributed by atoms with E-state index in [2.05, 4.69) is 41.3 Å². The van der Waals surface area contributed by atoms with E-state index in [1.54, 1.807) is 0 Å². The van der Waals surface area contributed by atoms with Gasteiger partial charge in [0.15, 0.2) is 11.5 Å². The molecule has 6 heteroatoms. The number of fused-ring (bicyclic) bond motifs is 1. The van der Waals surface area contributed by atoms with Crippen LogP contribution in [0.1, 0.15) is 41.4 Å². The van der Waals surface area contributed by atoms with Crippen LogP contribution in [0.3, 0.4) is 0 Å². The third kappa shape index (κ3) is 2.48. The van der Waals surface area contributed by atoms with Crippen molar-refractivity contribution in [2.24, 2.45) is 0 Å². The van der Waals surface area contributed by atoms with Gasteiger partial charge < -0.3 is 9.26 Å². The summed E-state index contributed by atoms with van der Waals surface area (Å²) in [6.45, 7) is 3.54. The van der Waals surface area contributed by atoms with Gasteiger partial charge in [0.2, 0.25) is 0 Å². The number of nitrogens with zero attached hydrogens (tertiary/aromatic N) is 4. The van der Waals surface area contributed by atoms with Crippen LogP contribution in [0.25, 0.3) is 17.3 Å². The maximum Gasteiger partial charge on any atom is 0.278 e. The summed E-state index contributed by atoms with van der Waals surface area (Å²) < 4.78 is 13.0. The van der Waals surface area contributed by atoms with Crippen LogP contribution in [0.4, 0.5) is 0 Å². The maximum absolute atomic E-state index is 5.56. The van der Waals surface area contributed by atoms with E-state index in [1.807, 2.05) is 4.68 Å². The van der Waals surface area contributed by atoms with Crippen molar-refractivity contribution in [1.82, 2.24) is 19.9 Å². The monoisotopic (exact) mass is 336 g/mol. The van der Waals surface area contributed by atoms with Gasteiger partial charge >= 0.3 is 0 Å². The zero-order valence-electron chi connectivity index (χ0n) is 14.2. The van der Waals surface area contributed by atoms with Crippen molar-refractivity contribution in [3.63, 3.8) is 0 Å². The highest BCUT2D eigenvalue weighted by atomic mass is 16.5. The lowest BCUT2D eigenvalue weighted by atomic mass is 10.1. The minimum absolute atomic E-state index is 0.240. The van der Waals surface area contributed by atoms with Crippen molar-refractivity contribution in [2.75, 3.05) is 13.2 Å². The summed E-state index contributed by atoms with van der Waals surface area (Å²) in [6, 6.07) is 8.45. The average molecular weight is 336 g/mol. The van der Waals surface area contributed by atoms with E-state index in [1.165, 1.54) is 16.8 Å². The first kappa shape index (κ1) is 14.8. The van der Waals surface area contributed by atoms with Crippen LogP contribution < -0.4 is 0 Å². The molecule has 0 unspecified atom stereocenters. The molecule has 0 N–H and O–H groups in total. The van der Waals surface area contributed by atoms with Crippen molar-refractivity contribution in [3.05, 3.63) is 46.9 Å². The fourth-order valence-corrected chi connectivity index (χ4v) is 3.74. The Bertz CT molecular complexity index is 904. The number of benzene rings is 1. The second kappa shape index (κ2) is 5.81. The second-order valence-electron chi connectivity index (χ2n) is 6.89. The fraction of sp³-hybridized carbons (Fsp3) is 0.421. The highest BCUT2D eigenvalue weighted by Gasteiger charge is 2.29. The number of aromatic nitrogens is 4. The molecule has 1 aliphatic carbocycles. The molecular weight excluding hydrogens is 316 g/mol. The molecule has 0 radical (unpaired) electrons. The summed E-state index contributed by atoms with van der Waals surface area (Å²) in [4.78, 5) is 4.63. The third-order valence-corrected chi connectivity index (χ3v) is 5.15. The van der Waals surface area contributed by atoms with E-state index < -0.39 is 0 Å². The lowest BCUT2D eigenvalue weighted by molar-refractivity contribution is 0.192. The summed E-state index contributed by atoms with van der Waals surface area (Å²) >= 11 is 0. The Morgan fingerprint density at radius 2 is 2.04 bits per heavy atom. The molecule has 2 aliphatic rings. The van der Waals surface area contributed by atoms with E-state index >= 15 is 0 Å². The molecule has 0 saturated carbocycles. The second-order valence-corrected chi connectivity index (χ2v) is 6.89. The summed E-state index contributed by atoms with van der Waals surface area (Å²) in [5, 5.41) is 9.01. The molecule has 1 aromatic carbocycles. The zero-order valence-corrected chi connectivity index (χ0v) is 14.2. The predicted octanol–water partition coefficient (Wildman–Crippen LogP) is 3.22. The van der Waals surface area contributed by atoms with Gasteiger partial charge in [0, 0.05) is 23.8 Å². The molecule has 1 fully saturated rings. The number of aryl methyl sites for hydroxylation is 1. The first-order chi connectivity index (χ1) is 12.3. The van der Waals surface area contributed by atoms with E-state index in [-0.39, 0.29) is 5.92 Å². The summed E-state index contributed by atoms with van der Waals surface area (Å²) in [5.74, 6) is 1.51. The van der Waals surface area contributed by atoms with Crippen LogP contribution in [0.2, 0.25) is 0 Å². The Morgan fingerprint density at radius 3 is 2.84 bits per heavy atom. The molecule has 6 nitrogen and oxygen atoms in total.